The first-order valence-corrected chi connectivity index (χ1v) is 7.63. The first-order chi connectivity index (χ1) is 11.4. The van der Waals surface area contributed by atoms with Crippen molar-refractivity contribution in [3.63, 3.8) is 0 Å². The summed E-state index contributed by atoms with van der Waals surface area (Å²) in [5, 5.41) is 11.9. The van der Waals surface area contributed by atoms with E-state index in [4.69, 9.17) is 33.2 Å². The van der Waals surface area contributed by atoms with Gasteiger partial charge < -0.3 is 10.1 Å². The highest BCUT2D eigenvalue weighted by molar-refractivity contribution is 6.35. The predicted octanol–water partition coefficient (Wildman–Crippen LogP) is 4.05. The van der Waals surface area contributed by atoms with E-state index in [1.54, 1.807) is 24.3 Å². The first kappa shape index (κ1) is 17.8. The topological polar surface area (TPSA) is 79.2 Å². The monoisotopic (exact) mass is 362 g/mol. The lowest BCUT2D eigenvalue weighted by Gasteiger charge is -2.14. The molecule has 1 N–H and O–H groups in total. The van der Waals surface area contributed by atoms with Gasteiger partial charge >= 0.3 is 5.97 Å². The average molecular weight is 363 g/mol. The number of esters is 1. The van der Waals surface area contributed by atoms with E-state index in [0.717, 1.165) is 0 Å². The van der Waals surface area contributed by atoms with Gasteiger partial charge in [0, 0.05) is 10.7 Å². The van der Waals surface area contributed by atoms with Gasteiger partial charge in [-0.3, -0.25) is 4.79 Å². The highest BCUT2D eigenvalue weighted by Crippen LogP contribution is 2.22. The molecule has 2 rings (SSSR count). The van der Waals surface area contributed by atoms with E-state index in [-0.39, 0.29) is 10.6 Å². The number of benzene rings is 2. The van der Waals surface area contributed by atoms with Crippen LogP contribution in [0.25, 0.3) is 0 Å². The number of halogens is 2. The molecule has 1 unspecified atom stereocenters. The molecule has 0 spiro atoms. The van der Waals surface area contributed by atoms with Gasteiger partial charge in [-0.15, -0.1) is 0 Å². The molecule has 1 atom stereocenters. The molecular weight excluding hydrogens is 351 g/mol. The quantitative estimate of drug-likeness (QED) is 0.832. The minimum absolute atomic E-state index is 0.0790. The zero-order valence-corrected chi connectivity index (χ0v) is 14.1. The van der Waals surface area contributed by atoms with Crippen LogP contribution in [-0.4, -0.2) is 18.0 Å². The summed E-state index contributed by atoms with van der Waals surface area (Å²) in [7, 11) is 0. The smallest absolute Gasteiger partial charge is 0.340 e. The Balaban J connectivity index is 2.04. The Bertz CT molecular complexity index is 831. The van der Waals surface area contributed by atoms with Crippen molar-refractivity contribution in [2.24, 2.45) is 0 Å². The highest BCUT2D eigenvalue weighted by Gasteiger charge is 2.21. The maximum absolute atomic E-state index is 12.1. The molecule has 122 valence electrons. The minimum atomic E-state index is -1.06. The molecule has 5 nitrogen and oxygen atoms in total. The van der Waals surface area contributed by atoms with Crippen molar-refractivity contribution >= 4 is 40.8 Å². The fourth-order valence-electron chi connectivity index (χ4n) is 1.84. The lowest BCUT2D eigenvalue weighted by atomic mass is 10.2. The van der Waals surface area contributed by atoms with Crippen molar-refractivity contribution in [1.82, 2.24) is 0 Å². The van der Waals surface area contributed by atoms with Gasteiger partial charge in [0.25, 0.3) is 5.91 Å². The lowest BCUT2D eigenvalue weighted by Crippen LogP contribution is -2.30. The van der Waals surface area contributed by atoms with Crippen LogP contribution >= 0.6 is 23.2 Å². The zero-order chi connectivity index (χ0) is 17.7. The standard InChI is InChI=1S/C17H12Cl2N2O3/c1-10(16(22)21-13-4-2-3-11(7-13)9-20)24-17(23)14-8-12(18)5-6-15(14)19/h2-8,10H,1H3,(H,21,22). The predicted molar refractivity (Wildman–Crippen MR) is 91.1 cm³/mol. The normalized spacial score (nSPS) is 11.2. The summed E-state index contributed by atoms with van der Waals surface area (Å²) < 4.78 is 5.10. The molecule has 0 bridgehead atoms. The largest absolute Gasteiger partial charge is 0.449 e. The molecule has 0 aliphatic rings. The van der Waals surface area contributed by atoms with E-state index < -0.39 is 18.0 Å². The van der Waals surface area contributed by atoms with Crippen LogP contribution in [0.2, 0.25) is 10.0 Å². The van der Waals surface area contributed by atoms with Crippen molar-refractivity contribution < 1.29 is 14.3 Å². The van der Waals surface area contributed by atoms with E-state index in [2.05, 4.69) is 5.32 Å². The van der Waals surface area contributed by atoms with Gasteiger partial charge in [0.2, 0.25) is 0 Å². The Hall–Kier alpha value is -2.55. The molecule has 0 aliphatic heterocycles. The number of nitrogens with zero attached hydrogens (tertiary/aromatic N) is 1. The summed E-state index contributed by atoms with van der Waals surface area (Å²) in [6, 6.07) is 12.7. The molecular formula is C17H12Cl2N2O3. The molecule has 0 saturated carbocycles. The van der Waals surface area contributed by atoms with E-state index in [0.29, 0.717) is 16.3 Å². The maximum atomic E-state index is 12.1. The highest BCUT2D eigenvalue weighted by atomic mass is 35.5. The van der Waals surface area contributed by atoms with Crippen LogP contribution in [0.3, 0.4) is 0 Å². The fraction of sp³-hybridized carbons (Fsp3) is 0.118. The van der Waals surface area contributed by atoms with Crippen LogP contribution in [0.5, 0.6) is 0 Å². The Labute approximate surface area is 148 Å². The van der Waals surface area contributed by atoms with Gasteiger partial charge in [-0.05, 0) is 43.3 Å². The van der Waals surface area contributed by atoms with Crippen LogP contribution in [0.1, 0.15) is 22.8 Å². The minimum Gasteiger partial charge on any atom is -0.449 e. The van der Waals surface area contributed by atoms with Crippen LogP contribution in [0.4, 0.5) is 5.69 Å². The second-order valence-electron chi connectivity index (χ2n) is 4.85. The number of hydrogen-bond donors (Lipinski definition) is 1. The Morgan fingerprint density at radius 1 is 1.21 bits per heavy atom. The molecule has 0 heterocycles. The van der Waals surface area contributed by atoms with Crippen molar-refractivity contribution in [2.45, 2.75) is 13.0 Å². The number of amides is 1. The third kappa shape index (κ3) is 4.48. The van der Waals surface area contributed by atoms with Gasteiger partial charge in [-0.2, -0.15) is 5.26 Å². The SMILES string of the molecule is CC(OC(=O)c1cc(Cl)ccc1Cl)C(=O)Nc1cccc(C#N)c1. The number of nitriles is 1. The molecule has 0 aliphatic carbocycles. The third-order valence-electron chi connectivity index (χ3n) is 3.06. The zero-order valence-electron chi connectivity index (χ0n) is 12.5. The molecule has 0 saturated heterocycles. The van der Waals surface area contributed by atoms with Crippen molar-refractivity contribution in [3.8, 4) is 6.07 Å². The van der Waals surface area contributed by atoms with Crippen molar-refractivity contribution in [1.29, 1.82) is 5.26 Å². The van der Waals surface area contributed by atoms with E-state index in [1.165, 1.54) is 25.1 Å². The molecule has 0 radical (unpaired) electrons. The lowest BCUT2D eigenvalue weighted by molar-refractivity contribution is -0.123. The van der Waals surface area contributed by atoms with Crippen LogP contribution in [-0.2, 0) is 9.53 Å². The number of rotatable bonds is 4. The molecule has 0 fully saturated rings. The summed E-state index contributed by atoms with van der Waals surface area (Å²) in [4.78, 5) is 24.2. The summed E-state index contributed by atoms with van der Waals surface area (Å²) in [6.45, 7) is 1.43. The summed E-state index contributed by atoms with van der Waals surface area (Å²) in [5.41, 5.74) is 0.918. The second-order valence-corrected chi connectivity index (χ2v) is 5.70. The first-order valence-electron chi connectivity index (χ1n) is 6.88. The number of anilines is 1. The number of hydrogen-bond acceptors (Lipinski definition) is 4. The number of nitrogens with one attached hydrogen (secondary N) is 1. The average Bonchev–Trinajstić information content (AvgIpc) is 2.57. The van der Waals surface area contributed by atoms with Gasteiger partial charge in [0.15, 0.2) is 6.10 Å². The number of ether oxygens (including phenoxy) is 1. The van der Waals surface area contributed by atoms with Crippen LogP contribution in [0, 0.1) is 11.3 Å². The van der Waals surface area contributed by atoms with Gasteiger partial charge in [0.1, 0.15) is 0 Å². The summed E-state index contributed by atoms with van der Waals surface area (Å²) in [6.07, 6.45) is -1.06. The van der Waals surface area contributed by atoms with Gasteiger partial charge in [-0.1, -0.05) is 29.3 Å². The molecule has 0 aromatic heterocycles. The van der Waals surface area contributed by atoms with Crippen molar-refractivity contribution in [3.05, 3.63) is 63.6 Å². The Kier molecular flexibility index (Phi) is 5.80. The molecule has 1 amide bonds. The van der Waals surface area contributed by atoms with Crippen molar-refractivity contribution in [2.75, 3.05) is 5.32 Å². The summed E-state index contributed by atoms with van der Waals surface area (Å²) in [5.74, 6) is -1.28. The molecule has 2 aromatic rings. The third-order valence-corrected chi connectivity index (χ3v) is 3.63. The van der Waals surface area contributed by atoms with Gasteiger partial charge in [0.05, 0.1) is 22.2 Å². The second kappa shape index (κ2) is 7.82. The Morgan fingerprint density at radius 3 is 2.67 bits per heavy atom. The van der Waals surface area contributed by atoms with Gasteiger partial charge in [-0.25, -0.2) is 4.79 Å². The number of carbonyl (C=O) groups excluding carboxylic acids is 2. The molecule has 2 aromatic carbocycles. The summed E-state index contributed by atoms with van der Waals surface area (Å²) >= 11 is 11.8. The van der Waals surface area contributed by atoms with E-state index in [1.807, 2.05) is 6.07 Å². The van der Waals surface area contributed by atoms with E-state index >= 15 is 0 Å². The van der Waals surface area contributed by atoms with E-state index in [9.17, 15) is 9.59 Å². The Morgan fingerprint density at radius 2 is 1.96 bits per heavy atom. The fourth-order valence-corrected chi connectivity index (χ4v) is 2.21. The number of carbonyl (C=O) groups is 2. The van der Waals surface area contributed by atoms with Crippen LogP contribution in [0.15, 0.2) is 42.5 Å². The van der Waals surface area contributed by atoms with Crippen LogP contribution < -0.4 is 5.32 Å². The molecule has 24 heavy (non-hydrogen) atoms. The maximum Gasteiger partial charge on any atom is 0.340 e. The molecule has 7 heteroatoms.